The molecular weight excluding hydrogens is 224 g/mol. The molecule has 0 saturated carbocycles. The van der Waals surface area contributed by atoms with Crippen molar-refractivity contribution in [3.05, 3.63) is 29.8 Å². The van der Waals surface area contributed by atoms with E-state index in [1.54, 1.807) is 0 Å². The van der Waals surface area contributed by atoms with Crippen LogP contribution in [0.15, 0.2) is 24.3 Å². The summed E-state index contributed by atoms with van der Waals surface area (Å²) in [6.07, 6.45) is 2.58. The number of nitrogens with one attached hydrogen (secondary N) is 2. The Bertz CT molecular complexity index is 342. The highest BCUT2D eigenvalue weighted by Gasteiger charge is 2.12. The van der Waals surface area contributed by atoms with Gasteiger partial charge in [0.15, 0.2) is 0 Å². The molecule has 0 radical (unpaired) electrons. The summed E-state index contributed by atoms with van der Waals surface area (Å²) < 4.78 is 5.63. The second-order valence-corrected chi connectivity index (χ2v) is 5.20. The quantitative estimate of drug-likeness (QED) is 0.807. The fourth-order valence-corrected chi connectivity index (χ4v) is 2.26. The molecule has 1 saturated heterocycles. The Morgan fingerprint density at radius 1 is 1.33 bits per heavy atom. The molecule has 0 spiro atoms. The van der Waals surface area contributed by atoms with Crippen molar-refractivity contribution < 1.29 is 4.74 Å². The van der Waals surface area contributed by atoms with Gasteiger partial charge in [-0.3, -0.25) is 0 Å². The van der Waals surface area contributed by atoms with Crippen LogP contribution in [-0.4, -0.2) is 31.8 Å². The third-order valence-electron chi connectivity index (χ3n) is 3.20. The summed E-state index contributed by atoms with van der Waals surface area (Å²) in [5.74, 6) is 0.960. The van der Waals surface area contributed by atoms with E-state index >= 15 is 0 Å². The average molecular weight is 248 g/mol. The van der Waals surface area contributed by atoms with Crippen molar-refractivity contribution in [2.75, 3.05) is 19.6 Å². The summed E-state index contributed by atoms with van der Waals surface area (Å²) in [4.78, 5) is 0. The van der Waals surface area contributed by atoms with E-state index in [1.165, 1.54) is 12.0 Å². The zero-order chi connectivity index (χ0) is 12.8. The van der Waals surface area contributed by atoms with E-state index in [9.17, 15) is 0 Å². The van der Waals surface area contributed by atoms with Gasteiger partial charge >= 0.3 is 0 Å². The maximum absolute atomic E-state index is 5.63. The van der Waals surface area contributed by atoms with Crippen molar-refractivity contribution in [2.45, 2.75) is 38.8 Å². The summed E-state index contributed by atoms with van der Waals surface area (Å²) in [6.45, 7) is 7.41. The molecule has 2 N–H and O–H groups in total. The monoisotopic (exact) mass is 248 g/mol. The summed E-state index contributed by atoms with van der Waals surface area (Å²) in [6, 6.07) is 9.10. The molecule has 18 heavy (non-hydrogen) atoms. The van der Waals surface area contributed by atoms with Crippen molar-refractivity contribution in [2.24, 2.45) is 0 Å². The lowest BCUT2D eigenvalue weighted by Crippen LogP contribution is -2.32. The van der Waals surface area contributed by atoms with Crippen LogP contribution < -0.4 is 15.4 Å². The highest BCUT2D eigenvalue weighted by molar-refractivity contribution is 5.27. The summed E-state index contributed by atoms with van der Waals surface area (Å²) in [7, 11) is 0. The van der Waals surface area contributed by atoms with E-state index in [1.807, 2.05) is 13.8 Å². The Morgan fingerprint density at radius 2 is 2.11 bits per heavy atom. The second-order valence-electron chi connectivity index (χ2n) is 5.20. The summed E-state index contributed by atoms with van der Waals surface area (Å²) >= 11 is 0. The van der Waals surface area contributed by atoms with Crippen LogP contribution in [0.25, 0.3) is 0 Å². The van der Waals surface area contributed by atoms with E-state index in [2.05, 4.69) is 34.9 Å². The number of ether oxygens (including phenoxy) is 1. The van der Waals surface area contributed by atoms with Crippen LogP contribution >= 0.6 is 0 Å². The fourth-order valence-electron chi connectivity index (χ4n) is 2.26. The van der Waals surface area contributed by atoms with Gasteiger partial charge in [-0.15, -0.1) is 0 Å². The van der Waals surface area contributed by atoms with Gasteiger partial charge in [-0.25, -0.2) is 0 Å². The van der Waals surface area contributed by atoms with Crippen molar-refractivity contribution in [3.63, 3.8) is 0 Å². The zero-order valence-electron chi connectivity index (χ0n) is 11.4. The van der Waals surface area contributed by atoms with Crippen LogP contribution in [0.3, 0.4) is 0 Å². The predicted octanol–water partition coefficient (Wildman–Crippen LogP) is 1.97. The first kappa shape index (κ1) is 13.4. The molecule has 1 aromatic rings. The zero-order valence-corrected chi connectivity index (χ0v) is 11.4. The van der Waals surface area contributed by atoms with Crippen LogP contribution in [0.4, 0.5) is 0 Å². The van der Waals surface area contributed by atoms with E-state index in [4.69, 9.17) is 4.74 Å². The van der Waals surface area contributed by atoms with E-state index in [0.717, 1.165) is 31.8 Å². The Labute approximate surface area is 110 Å². The lowest BCUT2D eigenvalue weighted by molar-refractivity contribution is 0.242. The first-order valence-corrected chi connectivity index (χ1v) is 6.94. The minimum absolute atomic E-state index is 0.243. The first-order valence-electron chi connectivity index (χ1n) is 6.94. The highest BCUT2D eigenvalue weighted by Crippen LogP contribution is 2.14. The standard InChI is InChI=1S/C15H24N2O/c1-12(2)18-15-5-3-13(4-6-15)7-10-17-14-8-9-16-11-14/h3-6,12,14,16-17H,7-11H2,1-2H3. The largest absolute Gasteiger partial charge is 0.491 e. The second kappa shape index (κ2) is 6.76. The van der Waals surface area contributed by atoms with E-state index < -0.39 is 0 Å². The normalized spacial score (nSPS) is 19.4. The molecule has 1 heterocycles. The molecule has 3 heteroatoms. The molecule has 1 unspecified atom stereocenters. The smallest absolute Gasteiger partial charge is 0.119 e. The summed E-state index contributed by atoms with van der Waals surface area (Å²) in [5.41, 5.74) is 1.37. The Balaban J connectivity index is 1.72. The summed E-state index contributed by atoms with van der Waals surface area (Å²) in [5, 5.41) is 6.95. The average Bonchev–Trinajstić information content (AvgIpc) is 2.84. The van der Waals surface area contributed by atoms with Crippen molar-refractivity contribution >= 4 is 0 Å². The molecule has 1 atom stereocenters. The van der Waals surface area contributed by atoms with Gasteiger partial charge in [0.1, 0.15) is 5.75 Å². The molecule has 0 aliphatic carbocycles. The number of hydrogen-bond acceptors (Lipinski definition) is 3. The molecule has 1 aromatic carbocycles. The maximum atomic E-state index is 5.63. The Kier molecular flexibility index (Phi) is 5.02. The van der Waals surface area contributed by atoms with Crippen LogP contribution in [0.1, 0.15) is 25.8 Å². The van der Waals surface area contributed by atoms with Crippen LogP contribution in [0, 0.1) is 0 Å². The van der Waals surface area contributed by atoms with Gasteiger partial charge in [0.05, 0.1) is 6.10 Å². The van der Waals surface area contributed by atoms with Gasteiger partial charge in [0.25, 0.3) is 0 Å². The fraction of sp³-hybridized carbons (Fsp3) is 0.600. The Morgan fingerprint density at radius 3 is 2.72 bits per heavy atom. The van der Waals surface area contributed by atoms with Crippen molar-refractivity contribution in [1.82, 2.24) is 10.6 Å². The third-order valence-corrected chi connectivity index (χ3v) is 3.20. The minimum Gasteiger partial charge on any atom is -0.491 e. The molecule has 1 aliphatic heterocycles. The van der Waals surface area contributed by atoms with Gasteiger partial charge in [-0.2, -0.15) is 0 Å². The molecule has 0 bridgehead atoms. The topological polar surface area (TPSA) is 33.3 Å². The lowest BCUT2D eigenvalue weighted by atomic mass is 10.1. The van der Waals surface area contributed by atoms with Crippen molar-refractivity contribution in [1.29, 1.82) is 0 Å². The molecule has 1 fully saturated rings. The van der Waals surface area contributed by atoms with Crippen LogP contribution in [-0.2, 0) is 6.42 Å². The number of hydrogen-bond donors (Lipinski definition) is 2. The van der Waals surface area contributed by atoms with Gasteiger partial charge < -0.3 is 15.4 Å². The molecule has 100 valence electrons. The molecule has 2 rings (SSSR count). The third kappa shape index (κ3) is 4.31. The lowest BCUT2D eigenvalue weighted by Gasteiger charge is -2.12. The van der Waals surface area contributed by atoms with Gasteiger partial charge in [-0.05, 0) is 57.5 Å². The Hall–Kier alpha value is -1.06. The van der Waals surface area contributed by atoms with Crippen LogP contribution in [0.5, 0.6) is 5.75 Å². The number of rotatable bonds is 6. The SMILES string of the molecule is CC(C)Oc1ccc(CCNC2CCNC2)cc1. The molecule has 1 aliphatic rings. The molecular formula is C15H24N2O. The maximum Gasteiger partial charge on any atom is 0.119 e. The molecule has 0 amide bonds. The molecule has 0 aromatic heterocycles. The van der Waals surface area contributed by atoms with Gasteiger partial charge in [-0.1, -0.05) is 12.1 Å². The van der Waals surface area contributed by atoms with Crippen LogP contribution in [0.2, 0.25) is 0 Å². The van der Waals surface area contributed by atoms with Gasteiger partial charge in [0.2, 0.25) is 0 Å². The first-order chi connectivity index (χ1) is 8.74. The van der Waals surface area contributed by atoms with Gasteiger partial charge in [0, 0.05) is 12.6 Å². The van der Waals surface area contributed by atoms with Crippen molar-refractivity contribution in [3.8, 4) is 5.75 Å². The molecule has 3 nitrogen and oxygen atoms in total. The predicted molar refractivity (Wildman–Crippen MR) is 75.2 cm³/mol. The van der Waals surface area contributed by atoms with E-state index in [0.29, 0.717) is 6.04 Å². The van der Waals surface area contributed by atoms with E-state index in [-0.39, 0.29) is 6.10 Å². The highest BCUT2D eigenvalue weighted by atomic mass is 16.5. The number of benzene rings is 1. The minimum atomic E-state index is 0.243.